The van der Waals surface area contributed by atoms with Crippen molar-refractivity contribution in [3.05, 3.63) is 26.9 Å². The van der Waals surface area contributed by atoms with Crippen LogP contribution < -0.4 is 5.32 Å². The monoisotopic (exact) mass is 377 g/mol. The fourth-order valence-corrected chi connectivity index (χ4v) is 2.68. The SMILES string of the molecule is CCN(CC)C(=O)CNCc1ncc(Br)cc1Br. The lowest BCUT2D eigenvalue weighted by atomic mass is 10.3. The molecule has 1 aromatic heterocycles. The lowest BCUT2D eigenvalue weighted by Crippen LogP contribution is -2.37. The Labute approximate surface area is 124 Å². The molecule has 100 valence electrons. The number of halogens is 2. The molecule has 0 spiro atoms. The quantitative estimate of drug-likeness (QED) is 0.827. The molecule has 0 aliphatic heterocycles. The Kier molecular flexibility index (Phi) is 6.81. The highest BCUT2D eigenvalue weighted by molar-refractivity contribution is 9.11. The fourth-order valence-electron chi connectivity index (χ4n) is 1.55. The standard InChI is InChI=1S/C12H17Br2N3O/c1-3-17(4-2)12(18)8-15-7-11-10(14)5-9(13)6-16-11/h5-6,15H,3-4,7-8H2,1-2H3. The molecule has 1 aromatic rings. The summed E-state index contributed by atoms with van der Waals surface area (Å²) in [5, 5.41) is 3.11. The molecule has 0 aliphatic rings. The van der Waals surface area contributed by atoms with Gasteiger partial charge in [-0.2, -0.15) is 0 Å². The number of pyridine rings is 1. The molecule has 1 amide bonds. The van der Waals surface area contributed by atoms with Crippen LogP contribution in [-0.4, -0.2) is 35.4 Å². The molecule has 0 radical (unpaired) electrons. The summed E-state index contributed by atoms with van der Waals surface area (Å²) in [6, 6.07) is 1.94. The van der Waals surface area contributed by atoms with Crippen LogP contribution in [0.4, 0.5) is 0 Å². The van der Waals surface area contributed by atoms with Crippen molar-refractivity contribution in [1.82, 2.24) is 15.2 Å². The fraction of sp³-hybridized carbons (Fsp3) is 0.500. The number of aromatic nitrogens is 1. The summed E-state index contributed by atoms with van der Waals surface area (Å²) >= 11 is 6.79. The lowest BCUT2D eigenvalue weighted by molar-refractivity contribution is -0.129. The predicted molar refractivity (Wildman–Crippen MR) is 79.3 cm³/mol. The minimum absolute atomic E-state index is 0.119. The molecule has 0 saturated heterocycles. The van der Waals surface area contributed by atoms with Crippen molar-refractivity contribution < 1.29 is 4.79 Å². The van der Waals surface area contributed by atoms with Gasteiger partial charge >= 0.3 is 0 Å². The molecule has 4 nitrogen and oxygen atoms in total. The molecule has 1 N–H and O–H groups in total. The molecule has 6 heteroatoms. The molecule has 0 aromatic carbocycles. The average molecular weight is 379 g/mol. The van der Waals surface area contributed by atoms with E-state index >= 15 is 0 Å². The highest BCUT2D eigenvalue weighted by Crippen LogP contribution is 2.19. The first-order chi connectivity index (χ1) is 8.58. The Bertz CT molecular complexity index is 408. The zero-order chi connectivity index (χ0) is 13.5. The molecule has 1 heterocycles. The van der Waals surface area contributed by atoms with Gasteiger partial charge in [0, 0.05) is 34.8 Å². The summed E-state index contributed by atoms with van der Waals surface area (Å²) in [6.45, 7) is 6.36. The third kappa shape index (κ3) is 4.66. The second kappa shape index (κ2) is 7.86. The molecular formula is C12H17Br2N3O. The van der Waals surface area contributed by atoms with Gasteiger partial charge in [0.1, 0.15) is 0 Å². The minimum atomic E-state index is 0.119. The predicted octanol–water partition coefficient (Wildman–Crippen LogP) is 2.56. The van der Waals surface area contributed by atoms with Crippen molar-refractivity contribution in [3.63, 3.8) is 0 Å². The Morgan fingerprint density at radius 1 is 1.39 bits per heavy atom. The van der Waals surface area contributed by atoms with Crippen LogP contribution in [0.15, 0.2) is 21.2 Å². The van der Waals surface area contributed by atoms with Gasteiger partial charge in [-0.1, -0.05) is 0 Å². The first-order valence-corrected chi connectivity index (χ1v) is 7.45. The average Bonchev–Trinajstić information content (AvgIpc) is 2.33. The number of hydrogen-bond acceptors (Lipinski definition) is 3. The molecular weight excluding hydrogens is 362 g/mol. The van der Waals surface area contributed by atoms with Crippen molar-refractivity contribution in [1.29, 1.82) is 0 Å². The Morgan fingerprint density at radius 3 is 2.61 bits per heavy atom. The van der Waals surface area contributed by atoms with Gasteiger partial charge in [-0.3, -0.25) is 9.78 Å². The van der Waals surface area contributed by atoms with E-state index in [1.807, 2.05) is 19.9 Å². The smallest absolute Gasteiger partial charge is 0.236 e. The summed E-state index contributed by atoms with van der Waals surface area (Å²) in [4.78, 5) is 17.8. The number of rotatable bonds is 6. The summed E-state index contributed by atoms with van der Waals surface area (Å²) in [5.74, 6) is 0.119. The van der Waals surface area contributed by atoms with E-state index in [1.54, 1.807) is 11.1 Å². The molecule has 0 aliphatic carbocycles. The minimum Gasteiger partial charge on any atom is -0.342 e. The molecule has 1 rings (SSSR count). The van der Waals surface area contributed by atoms with E-state index in [9.17, 15) is 4.79 Å². The van der Waals surface area contributed by atoms with Gasteiger partial charge in [-0.05, 0) is 51.8 Å². The van der Waals surface area contributed by atoms with Gasteiger partial charge in [0.15, 0.2) is 0 Å². The van der Waals surface area contributed by atoms with Crippen LogP contribution in [0.5, 0.6) is 0 Å². The van der Waals surface area contributed by atoms with Crippen LogP contribution >= 0.6 is 31.9 Å². The highest BCUT2D eigenvalue weighted by Gasteiger charge is 2.09. The Balaban J connectivity index is 2.44. The van der Waals surface area contributed by atoms with Crippen LogP contribution in [0, 0.1) is 0 Å². The number of hydrogen-bond donors (Lipinski definition) is 1. The first kappa shape index (κ1) is 15.6. The zero-order valence-electron chi connectivity index (χ0n) is 10.5. The number of amides is 1. The topological polar surface area (TPSA) is 45.2 Å². The number of carbonyl (C=O) groups is 1. The van der Waals surface area contributed by atoms with Crippen LogP contribution in [0.25, 0.3) is 0 Å². The van der Waals surface area contributed by atoms with E-state index in [-0.39, 0.29) is 5.91 Å². The van der Waals surface area contributed by atoms with Crippen LogP contribution in [-0.2, 0) is 11.3 Å². The summed E-state index contributed by atoms with van der Waals surface area (Å²) < 4.78 is 1.86. The normalized spacial score (nSPS) is 10.4. The van der Waals surface area contributed by atoms with Gasteiger partial charge in [0.25, 0.3) is 0 Å². The van der Waals surface area contributed by atoms with Crippen LogP contribution in [0.1, 0.15) is 19.5 Å². The Morgan fingerprint density at radius 2 is 2.06 bits per heavy atom. The maximum Gasteiger partial charge on any atom is 0.236 e. The van der Waals surface area contributed by atoms with Gasteiger partial charge in [0.2, 0.25) is 5.91 Å². The van der Waals surface area contributed by atoms with Crippen molar-refractivity contribution in [2.75, 3.05) is 19.6 Å². The van der Waals surface area contributed by atoms with E-state index in [0.29, 0.717) is 13.1 Å². The van der Waals surface area contributed by atoms with Crippen molar-refractivity contribution >= 4 is 37.8 Å². The maximum atomic E-state index is 11.8. The number of likely N-dealkylation sites (N-methyl/N-ethyl adjacent to an activating group) is 1. The third-order valence-electron chi connectivity index (χ3n) is 2.57. The third-order valence-corrected chi connectivity index (χ3v) is 3.69. The van der Waals surface area contributed by atoms with E-state index in [0.717, 1.165) is 27.7 Å². The number of carbonyl (C=O) groups excluding carboxylic acids is 1. The van der Waals surface area contributed by atoms with Gasteiger partial charge in [-0.15, -0.1) is 0 Å². The molecule has 0 fully saturated rings. The largest absolute Gasteiger partial charge is 0.342 e. The maximum absolute atomic E-state index is 11.8. The Hall–Kier alpha value is -0.460. The van der Waals surface area contributed by atoms with E-state index < -0.39 is 0 Å². The van der Waals surface area contributed by atoms with E-state index in [4.69, 9.17) is 0 Å². The zero-order valence-corrected chi connectivity index (χ0v) is 13.7. The lowest BCUT2D eigenvalue weighted by Gasteiger charge is -2.18. The first-order valence-electron chi connectivity index (χ1n) is 5.86. The van der Waals surface area contributed by atoms with Crippen LogP contribution in [0.3, 0.4) is 0 Å². The summed E-state index contributed by atoms with van der Waals surface area (Å²) in [6.07, 6.45) is 1.74. The van der Waals surface area contributed by atoms with Crippen molar-refractivity contribution in [2.24, 2.45) is 0 Å². The van der Waals surface area contributed by atoms with Crippen molar-refractivity contribution in [2.45, 2.75) is 20.4 Å². The molecule has 18 heavy (non-hydrogen) atoms. The van der Waals surface area contributed by atoms with E-state index in [1.165, 1.54) is 0 Å². The molecule has 0 bridgehead atoms. The van der Waals surface area contributed by atoms with Gasteiger partial charge in [0.05, 0.1) is 12.2 Å². The van der Waals surface area contributed by atoms with Gasteiger partial charge < -0.3 is 10.2 Å². The van der Waals surface area contributed by atoms with Crippen molar-refractivity contribution in [3.8, 4) is 0 Å². The second-order valence-corrected chi connectivity index (χ2v) is 5.52. The van der Waals surface area contributed by atoms with Crippen LogP contribution in [0.2, 0.25) is 0 Å². The molecule has 0 saturated carbocycles. The van der Waals surface area contributed by atoms with E-state index in [2.05, 4.69) is 42.2 Å². The highest BCUT2D eigenvalue weighted by atomic mass is 79.9. The summed E-state index contributed by atoms with van der Waals surface area (Å²) in [5.41, 5.74) is 0.894. The summed E-state index contributed by atoms with van der Waals surface area (Å²) in [7, 11) is 0. The van der Waals surface area contributed by atoms with Gasteiger partial charge in [-0.25, -0.2) is 0 Å². The second-order valence-electron chi connectivity index (χ2n) is 3.75. The number of nitrogens with one attached hydrogen (secondary N) is 1. The molecule has 0 atom stereocenters. The number of nitrogens with zero attached hydrogens (tertiary/aromatic N) is 2. The molecule has 0 unspecified atom stereocenters.